The SMILES string of the molecule is CCCCCC.F.S. The third-order valence-corrected chi connectivity index (χ3v) is 0.957. The molecular weight excluding hydrogens is 123 g/mol. The maximum atomic E-state index is 2.23. The molecule has 0 saturated carbocycles. The van der Waals surface area contributed by atoms with Crippen molar-refractivity contribution >= 4 is 13.5 Å². The molecule has 2 heteroatoms. The van der Waals surface area contributed by atoms with Crippen molar-refractivity contribution in [3.63, 3.8) is 0 Å². The van der Waals surface area contributed by atoms with E-state index in [1.165, 1.54) is 25.7 Å². The summed E-state index contributed by atoms with van der Waals surface area (Å²) in [7, 11) is 0. The summed E-state index contributed by atoms with van der Waals surface area (Å²) in [5.74, 6) is 0. The molecule has 0 amide bonds. The van der Waals surface area contributed by atoms with Crippen LogP contribution in [-0.2, 0) is 0 Å². The first-order chi connectivity index (χ1) is 2.91. The van der Waals surface area contributed by atoms with Crippen molar-refractivity contribution in [2.75, 3.05) is 0 Å². The molecule has 0 heterocycles. The van der Waals surface area contributed by atoms with Crippen molar-refractivity contribution in [3.05, 3.63) is 0 Å². The van der Waals surface area contributed by atoms with Gasteiger partial charge in [-0.3, -0.25) is 4.70 Å². The van der Waals surface area contributed by atoms with Gasteiger partial charge >= 0.3 is 0 Å². The lowest BCUT2D eigenvalue weighted by molar-refractivity contribution is 0.702. The van der Waals surface area contributed by atoms with Crippen LogP contribution >= 0.6 is 13.5 Å². The molecule has 0 atom stereocenters. The quantitative estimate of drug-likeness (QED) is 0.529. The number of hydrogen-bond acceptors (Lipinski definition) is 0. The number of rotatable bonds is 3. The average molecular weight is 140 g/mol. The minimum atomic E-state index is 0. The molecule has 0 fully saturated rings. The zero-order chi connectivity index (χ0) is 4.83. The summed E-state index contributed by atoms with van der Waals surface area (Å²) in [6.07, 6.45) is 5.54. The molecule has 0 aliphatic carbocycles. The first kappa shape index (κ1) is 15.7. The van der Waals surface area contributed by atoms with Crippen LogP contribution < -0.4 is 0 Å². The fourth-order valence-corrected chi connectivity index (χ4v) is 0.500. The van der Waals surface area contributed by atoms with E-state index in [0.29, 0.717) is 0 Å². The molecular formula is C6H17FS. The van der Waals surface area contributed by atoms with Gasteiger partial charge in [0.15, 0.2) is 0 Å². The second kappa shape index (κ2) is 15.7. The van der Waals surface area contributed by atoms with E-state index in [9.17, 15) is 0 Å². The Bertz CT molecular complexity index is 20.5. The fourth-order valence-electron chi connectivity index (χ4n) is 0.500. The van der Waals surface area contributed by atoms with E-state index in [4.69, 9.17) is 0 Å². The van der Waals surface area contributed by atoms with Crippen molar-refractivity contribution < 1.29 is 4.70 Å². The van der Waals surface area contributed by atoms with E-state index in [1.807, 2.05) is 0 Å². The minimum Gasteiger partial charge on any atom is -0.269 e. The highest BCUT2D eigenvalue weighted by atomic mass is 32.1. The van der Waals surface area contributed by atoms with Gasteiger partial charge in [0.05, 0.1) is 0 Å². The van der Waals surface area contributed by atoms with Crippen LogP contribution in [0.5, 0.6) is 0 Å². The maximum absolute atomic E-state index is 2.23. The van der Waals surface area contributed by atoms with E-state index >= 15 is 0 Å². The van der Waals surface area contributed by atoms with Crippen LogP contribution in [0.3, 0.4) is 0 Å². The predicted octanol–water partition coefficient (Wildman–Crippen LogP) is 2.85. The Morgan fingerprint density at radius 3 is 1.25 bits per heavy atom. The van der Waals surface area contributed by atoms with Gasteiger partial charge in [-0.1, -0.05) is 39.5 Å². The highest BCUT2D eigenvalue weighted by Gasteiger charge is 1.75. The van der Waals surface area contributed by atoms with Crippen molar-refractivity contribution in [1.29, 1.82) is 0 Å². The summed E-state index contributed by atoms with van der Waals surface area (Å²) in [6.45, 7) is 4.46. The van der Waals surface area contributed by atoms with Crippen LogP contribution in [0.15, 0.2) is 0 Å². The lowest BCUT2D eigenvalue weighted by Crippen LogP contribution is -1.66. The van der Waals surface area contributed by atoms with Crippen LogP contribution in [0.1, 0.15) is 39.5 Å². The van der Waals surface area contributed by atoms with Crippen LogP contribution in [0.25, 0.3) is 0 Å². The Hall–Kier alpha value is 0.280. The van der Waals surface area contributed by atoms with Crippen molar-refractivity contribution in [2.45, 2.75) is 39.5 Å². The topological polar surface area (TPSA) is 0 Å². The zero-order valence-electron chi connectivity index (χ0n) is 5.74. The highest BCUT2D eigenvalue weighted by Crippen LogP contribution is 1.95. The van der Waals surface area contributed by atoms with Gasteiger partial charge in [-0.05, 0) is 0 Å². The Labute approximate surface area is 58.5 Å². The third kappa shape index (κ3) is 16.3. The molecule has 0 unspecified atom stereocenters. The molecule has 8 heavy (non-hydrogen) atoms. The molecule has 0 spiro atoms. The van der Waals surface area contributed by atoms with Crippen molar-refractivity contribution in [2.24, 2.45) is 0 Å². The predicted molar refractivity (Wildman–Crippen MR) is 42.7 cm³/mol. The monoisotopic (exact) mass is 140 g/mol. The molecule has 0 saturated heterocycles. The summed E-state index contributed by atoms with van der Waals surface area (Å²) in [4.78, 5) is 0. The van der Waals surface area contributed by atoms with E-state index < -0.39 is 0 Å². The summed E-state index contributed by atoms with van der Waals surface area (Å²) < 4.78 is 0. The molecule has 0 aromatic carbocycles. The van der Waals surface area contributed by atoms with Gasteiger partial charge in [0.2, 0.25) is 0 Å². The summed E-state index contributed by atoms with van der Waals surface area (Å²) in [6, 6.07) is 0. The van der Waals surface area contributed by atoms with Crippen LogP contribution in [-0.4, -0.2) is 0 Å². The average Bonchev–Trinajstić information content (AvgIpc) is 1.61. The number of hydrogen-bond donors (Lipinski definition) is 0. The van der Waals surface area contributed by atoms with Gasteiger partial charge in [-0.2, -0.15) is 13.5 Å². The van der Waals surface area contributed by atoms with E-state index in [2.05, 4.69) is 13.8 Å². The number of unbranched alkanes of at least 4 members (excludes halogenated alkanes) is 3. The number of halogens is 1. The molecule has 0 aromatic rings. The van der Waals surface area contributed by atoms with Gasteiger partial charge in [0, 0.05) is 0 Å². The van der Waals surface area contributed by atoms with Gasteiger partial charge in [-0.15, -0.1) is 0 Å². The molecule has 0 nitrogen and oxygen atoms in total. The van der Waals surface area contributed by atoms with Gasteiger partial charge < -0.3 is 0 Å². The zero-order valence-corrected chi connectivity index (χ0v) is 6.74. The summed E-state index contributed by atoms with van der Waals surface area (Å²) in [5, 5.41) is 0. The van der Waals surface area contributed by atoms with Crippen LogP contribution in [0.2, 0.25) is 0 Å². The third-order valence-electron chi connectivity index (χ3n) is 0.957. The van der Waals surface area contributed by atoms with E-state index in [-0.39, 0.29) is 18.2 Å². The largest absolute Gasteiger partial charge is 0.269 e. The van der Waals surface area contributed by atoms with E-state index in [0.717, 1.165) is 0 Å². The lowest BCUT2D eigenvalue weighted by atomic mass is 10.2. The molecule has 0 aliphatic rings. The highest BCUT2D eigenvalue weighted by molar-refractivity contribution is 7.59. The molecule has 0 aliphatic heterocycles. The maximum Gasteiger partial charge on any atom is -0.0536 e. The summed E-state index contributed by atoms with van der Waals surface area (Å²) in [5.41, 5.74) is 0. The first-order valence-corrected chi connectivity index (χ1v) is 2.91. The minimum absolute atomic E-state index is 0. The Morgan fingerprint density at radius 1 is 0.875 bits per heavy atom. The second-order valence-corrected chi connectivity index (χ2v) is 1.71. The summed E-state index contributed by atoms with van der Waals surface area (Å²) >= 11 is 0. The Kier molecular flexibility index (Phi) is 30.8. The fraction of sp³-hybridized carbons (Fsp3) is 1.00. The molecule has 0 N–H and O–H groups in total. The Balaban J connectivity index is -0.000000125. The smallest absolute Gasteiger partial charge is 0.0536 e. The van der Waals surface area contributed by atoms with Crippen molar-refractivity contribution in [3.8, 4) is 0 Å². The van der Waals surface area contributed by atoms with Gasteiger partial charge in [0.1, 0.15) is 0 Å². The molecule has 0 radical (unpaired) electrons. The van der Waals surface area contributed by atoms with Crippen LogP contribution in [0, 0.1) is 0 Å². The second-order valence-electron chi connectivity index (χ2n) is 1.71. The standard InChI is InChI=1S/C6H14.FH.H2S/c1-3-5-6-4-2;;/h3-6H2,1-2H3;1H;1H2. The molecule has 0 aromatic heterocycles. The Morgan fingerprint density at radius 2 is 1.12 bits per heavy atom. The molecule has 0 rings (SSSR count). The molecule has 54 valence electrons. The molecule has 0 bridgehead atoms. The lowest BCUT2D eigenvalue weighted by Gasteiger charge is -1.86. The van der Waals surface area contributed by atoms with Gasteiger partial charge in [0.25, 0.3) is 0 Å². The normalized spacial score (nSPS) is 6.75. The van der Waals surface area contributed by atoms with Crippen molar-refractivity contribution in [1.82, 2.24) is 0 Å². The van der Waals surface area contributed by atoms with E-state index in [1.54, 1.807) is 0 Å². The van der Waals surface area contributed by atoms with Gasteiger partial charge in [-0.25, -0.2) is 0 Å². The first-order valence-electron chi connectivity index (χ1n) is 2.91. The van der Waals surface area contributed by atoms with Crippen LogP contribution in [0.4, 0.5) is 4.70 Å².